The van der Waals surface area contributed by atoms with Crippen LogP contribution in [-0.2, 0) is 10.0 Å². The summed E-state index contributed by atoms with van der Waals surface area (Å²) in [5, 5.41) is 0. The molecule has 0 saturated carbocycles. The molecule has 0 spiro atoms. The highest BCUT2D eigenvalue weighted by Crippen LogP contribution is 2.22. The number of sulfonamides is 1. The van der Waals surface area contributed by atoms with E-state index in [4.69, 9.17) is 4.74 Å². The molecule has 2 aromatic rings. The summed E-state index contributed by atoms with van der Waals surface area (Å²) in [7, 11) is -3.67. The molecular weight excluding hydrogens is 355 g/mol. The Morgan fingerprint density at radius 3 is 2.42 bits per heavy atom. The van der Waals surface area contributed by atoms with E-state index in [1.54, 1.807) is 6.92 Å². The number of hydrogen-bond donors (Lipinski definition) is 0. The number of piperazine rings is 1. The van der Waals surface area contributed by atoms with Crippen LogP contribution in [0, 0.1) is 12.7 Å². The lowest BCUT2D eigenvalue weighted by Crippen LogP contribution is -2.49. The van der Waals surface area contributed by atoms with Crippen LogP contribution < -0.4 is 4.74 Å². The van der Waals surface area contributed by atoms with Crippen molar-refractivity contribution in [2.24, 2.45) is 0 Å². The monoisotopic (exact) mass is 378 g/mol. The van der Waals surface area contributed by atoms with Crippen LogP contribution in [0.4, 0.5) is 4.39 Å². The summed E-state index contributed by atoms with van der Waals surface area (Å²) in [5.41, 5.74) is 0.560. The van der Waals surface area contributed by atoms with Gasteiger partial charge in [0.2, 0.25) is 10.0 Å². The van der Waals surface area contributed by atoms with Gasteiger partial charge in [-0.3, -0.25) is 4.90 Å². The number of ether oxygens (including phenoxy) is 1. The van der Waals surface area contributed by atoms with Crippen molar-refractivity contribution in [2.75, 3.05) is 39.3 Å². The molecule has 0 aromatic heterocycles. The summed E-state index contributed by atoms with van der Waals surface area (Å²) in [6.45, 7) is 5.02. The van der Waals surface area contributed by atoms with Crippen molar-refractivity contribution in [3.05, 3.63) is 59.9 Å². The van der Waals surface area contributed by atoms with Crippen LogP contribution in [0.15, 0.2) is 53.4 Å². The molecule has 26 heavy (non-hydrogen) atoms. The van der Waals surface area contributed by atoms with Crippen LogP contribution in [0.25, 0.3) is 0 Å². The van der Waals surface area contributed by atoms with Gasteiger partial charge >= 0.3 is 0 Å². The first-order valence-corrected chi connectivity index (χ1v) is 10.1. The molecule has 1 fully saturated rings. The van der Waals surface area contributed by atoms with Gasteiger partial charge in [0.05, 0.1) is 4.90 Å². The number of halogens is 1. The third kappa shape index (κ3) is 4.41. The number of rotatable bonds is 6. The highest BCUT2D eigenvalue weighted by molar-refractivity contribution is 7.89. The molecule has 0 bridgehead atoms. The van der Waals surface area contributed by atoms with Gasteiger partial charge in [-0.05, 0) is 36.8 Å². The van der Waals surface area contributed by atoms with Gasteiger partial charge in [0.15, 0.2) is 0 Å². The van der Waals surface area contributed by atoms with Gasteiger partial charge in [0.1, 0.15) is 18.2 Å². The Morgan fingerprint density at radius 2 is 1.73 bits per heavy atom. The second kappa shape index (κ2) is 8.16. The fourth-order valence-electron chi connectivity index (χ4n) is 2.99. The summed E-state index contributed by atoms with van der Waals surface area (Å²) < 4.78 is 46.2. The average molecular weight is 378 g/mol. The van der Waals surface area contributed by atoms with Crippen LogP contribution in [0.3, 0.4) is 0 Å². The molecule has 1 aliphatic heterocycles. The first kappa shape index (κ1) is 18.8. The van der Waals surface area contributed by atoms with Gasteiger partial charge in [-0.15, -0.1) is 0 Å². The van der Waals surface area contributed by atoms with E-state index in [1.807, 2.05) is 30.3 Å². The summed E-state index contributed by atoms with van der Waals surface area (Å²) in [4.78, 5) is 2.23. The van der Waals surface area contributed by atoms with Crippen LogP contribution in [0.1, 0.15) is 5.56 Å². The second-order valence-electron chi connectivity index (χ2n) is 6.32. The number of para-hydroxylation sites is 1. The number of benzene rings is 2. The Balaban J connectivity index is 1.53. The van der Waals surface area contributed by atoms with Crippen molar-refractivity contribution in [1.29, 1.82) is 0 Å². The molecule has 1 aliphatic rings. The zero-order valence-corrected chi connectivity index (χ0v) is 15.6. The van der Waals surface area contributed by atoms with Gasteiger partial charge in [-0.1, -0.05) is 24.3 Å². The van der Waals surface area contributed by atoms with E-state index in [2.05, 4.69) is 4.90 Å². The molecule has 140 valence electrons. The Labute approximate surface area is 154 Å². The van der Waals surface area contributed by atoms with Gasteiger partial charge in [0.25, 0.3) is 0 Å². The fourth-order valence-corrected chi connectivity index (χ4v) is 4.65. The molecular formula is C19H23FN2O3S. The predicted molar refractivity (Wildman–Crippen MR) is 98.3 cm³/mol. The third-order valence-electron chi connectivity index (χ3n) is 4.52. The van der Waals surface area contributed by atoms with Crippen LogP contribution in [0.2, 0.25) is 0 Å². The molecule has 0 atom stereocenters. The van der Waals surface area contributed by atoms with Crippen molar-refractivity contribution < 1.29 is 17.5 Å². The minimum absolute atomic E-state index is 0.0540. The van der Waals surface area contributed by atoms with Crippen LogP contribution in [0.5, 0.6) is 5.75 Å². The van der Waals surface area contributed by atoms with Crippen molar-refractivity contribution >= 4 is 10.0 Å². The molecule has 5 nitrogen and oxygen atoms in total. The molecule has 0 aliphatic carbocycles. The van der Waals surface area contributed by atoms with Crippen molar-refractivity contribution in [2.45, 2.75) is 11.8 Å². The van der Waals surface area contributed by atoms with E-state index in [-0.39, 0.29) is 4.90 Å². The lowest BCUT2D eigenvalue weighted by atomic mass is 10.2. The standard InChI is InChI=1S/C19H23FN2O3S/c1-16-7-8-17(20)15-19(16)26(23,24)22-11-9-21(10-12-22)13-14-25-18-5-3-2-4-6-18/h2-8,15H,9-14H2,1H3. The molecule has 0 unspecified atom stereocenters. The third-order valence-corrected chi connectivity index (χ3v) is 6.56. The number of hydrogen-bond acceptors (Lipinski definition) is 4. The lowest BCUT2D eigenvalue weighted by molar-refractivity contribution is 0.159. The zero-order chi connectivity index (χ0) is 18.6. The first-order valence-electron chi connectivity index (χ1n) is 8.63. The molecule has 0 amide bonds. The van der Waals surface area contributed by atoms with E-state index in [9.17, 15) is 12.8 Å². The minimum atomic E-state index is -3.67. The Morgan fingerprint density at radius 1 is 1.04 bits per heavy atom. The van der Waals surface area contributed by atoms with E-state index in [1.165, 1.54) is 16.4 Å². The van der Waals surface area contributed by atoms with Crippen LogP contribution >= 0.6 is 0 Å². The smallest absolute Gasteiger partial charge is 0.243 e. The van der Waals surface area contributed by atoms with Gasteiger partial charge in [0, 0.05) is 32.7 Å². The molecule has 0 radical (unpaired) electrons. The van der Waals surface area contributed by atoms with E-state index >= 15 is 0 Å². The summed E-state index contributed by atoms with van der Waals surface area (Å²) in [6.07, 6.45) is 0. The topological polar surface area (TPSA) is 49.9 Å². The largest absolute Gasteiger partial charge is 0.492 e. The fraction of sp³-hybridized carbons (Fsp3) is 0.368. The highest BCUT2D eigenvalue weighted by Gasteiger charge is 2.29. The van der Waals surface area contributed by atoms with Crippen LogP contribution in [-0.4, -0.2) is 57.0 Å². The van der Waals surface area contributed by atoms with E-state index < -0.39 is 15.8 Å². The van der Waals surface area contributed by atoms with Crippen molar-refractivity contribution in [3.8, 4) is 5.75 Å². The maximum absolute atomic E-state index is 13.5. The molecule has 0 N–H and O–H groups in total. The molecule has 3 rings (SSSR count). The van der Waals surface area contributed by atoms with Gasteiger partial charge in [-0.2, -0.15) is 4.31 Å². The maximum atomic E-state index is 13.5. The van der Waals surface area contributed by atoms with E-state index in [0.29, 0.717) is 38.3 Å². The molecule has 1 saturated heterocycles. The number of nitrogens with zero attached hydrogens (tertiary/aromatic N) is 2. The zero-order valence-electron chi connectivity index (χ0n) is 14.8. The molecule has 1 heterocycles. The average Bonchev–Trinajstić information content (AvgIpc) is 2.65. The first-order chi connectivity index (χ1) is 12.5. The molecule has 7 heteroatoms. The SMILES string of the molecule is Cc1ccc(F)cc1S(=O)(=O)N1CCN(CCOc2ccccc2)CC1. The summed E-state index contributed by atoms with van der Waals surface area (Å²) in [5.74, 6) is 0.293. The molecule has 2 aromatic carbocycles. The Bertz CT molecular complexity index is 835. The second-order valence-corrected chi connectivity index (χ2v) is 8.22. The summed E-state index contributed by atoms with van der Waals surface area (Å²) >= 11 is 0. The van der Waals surface area contributed by atoms with Crippen molar-refractivity contribution in [1.82, 2.24) is 9.21 Å². The number of aryl methyl sites for hydroxylation is 1. The lowest BCUT2D eigenvalue weighted by Gasteiger charge is -2.34. The summed E-state index contributed by atoms with van der Waals surface area (Å²) in [6, 6.07) is 13.5. The van der Waals surface area contributed by atoms with Crippen molar-refractivity contribution in [3.63, 3.8) is 0 Å². The predicted octanol–water partition coefficient (Wildman–Crippen LogP) is 2.52. The normalized spacial score (nSPS) is 16.5. The maximum Gasteiger partial charge on any atom is 0.243 e. The van der Waals surface area contributed by atoms with Gasteiger partial charge < -0.3 is 4.74 Å². The highest BCUT2D eigenvalue weighted by atomic mass is 32.2. The van der Waals surface area contributed by atoms with E-state index in [0.717, 1.165) is 18.4 Å². The Hall–Kier alpha value is -1.96. The Kier molecular flexibility index (Phi) is 5.90. The quantitative estimate of drug-likeness (QED) is 0.775. The van der Waals surface area contributed by atoms with Gasteiger partial charge in [-0.25, -0.2) is 12.8 Å². The minimum Gasteiger partial charge on any atom is -0.492 e.